The zero-order chi connectivity index (χ0) is 24.8. The molecule has 172 valence electrons. The lowest BCUT2D eigenvalue weighted by Gasteiger charge is -2.19. The van der Waals surface area contributed by atoms with Gasteiger partial charge in [0.1, 0.15) is 0 Å². The highest BCUT2D eigenvalue weighted by molar-refractivity contribution is 6.27. The molecule has 2 heteroatoms. The molecule has 6 rings (SSSR count). The number of hydrogen-bond acceptors (Lipinski definition) is 2. The van der Waals surface area contributed by atoms with Crippen LogP contribution in [0.4, 0.5) is 0 Å². The van der Waals surface area contributed by atoms with Gasteiger partial charge in [0.05, 0.1) is 11.4 Å². The summed E-state index contributed by atoms with van der Waals surface area (Å²) in [4.78, 5) is 0. The minimum absolute atomic E-state index is 0.327. The second kappa shape index (κ2) is 8.51. The Kier molecular flexibility index (Phi) is 5.16. The van der Waals surface area contributed by atoms with Crippen LogP contribution in [0.15, 0.2) is 133 Å². The molecule has 0 bridgehead atoms. The van der Waals surface area contributed by atoms with Crippen LogP contribution in [-0.2, 0) is 0 Å². The molecule has 0 spiro atoms. The lowest BCUT2D eigenvalue weighted by atomic mass is 9.85. The molecule has 0 aromatic heterocycles. The number of rotatable bonds is 4. The summed E-state index contributed by atoms with van der Waals surface area (Å²) in [5.41, 5.74) is 13.0. The molecule has 0 saturated carbocycles. The second-order valence-electron chi connectivity index (χ2n) is 9.22. The highest BCUT2D eigenvalue weighted by Crippen LogP contribution is 2.42. The van der Waals surface area contributed by atoms with Crippen molar-refractivity contribution in [3.8, 4) is 11.1 Å². The van der Waals surface area contributed by atoms with Gasteiger partial charge in [-0.25, -0.2) is 0 Å². The van der Waals surface area contributed by atoms with Crippen LogP contribution in [-0.4, -0.2) is 5.71 Å². The third-order valence-corrected chi connectivity index (χ3v) is 7.06. The summed E-state index contributed by atoms with van der Waals surface area (Å²) in [7, 11) is 0. The zero-order valence-electron chi connectivity index (χ0n) is 20.2. The van der Waals surface area contributed by atoms with Gasteiger partial charge in [0.15, 0.2) is 0 Å². The van der Waals surface area contributed by atoms with Crippen molar-refractivity contribution in [2.75, 3.05) is 0 Å². The monoisotopic (exact) mass is 462 g/mol. The predicted molar refractivity (Wildman–Crippen MR) is 156 cm³/mol. The summed E-state index contributed by atoms with van der Waals surface area (Å²) in [6.07, 6.45) is 9.76. The minimum Gasteiger partial charge on any atom is -0.396 e. The molecule has 1 aliphatic rings. The van der Waals surface area contributed by atoms with Gasteiger partial charge in [-0.2, -0.15) is 0 Å². The van der Waals surface area contributed by atoms with Crippen molar-refractivity contribution in [2.45, 2.75) is 6.92 Å². The van der Waals surface area contributed by atoms with Gasteiger partial charge < -0.3 is 5.73 Å². The Labute approximate surface area is 210 Å². The molecule has 2 nitrogen and oxygen atoms in total. The van der Waals surface area contributed by atoms with Crippen molar-refractivity contribution in [1.29, 1.82) is 5.41 Å². The van der Waals surface area contributed by atoms with E-state index >= 15 is 0 Å². The van der Waals surface area contributed by atoms with E-state index in [-0.39, 0.29) is 0 Å². The first-order valence-corrected chi connectivity index (χ1v) is 12.1. The third kappa shape index (κ3) is 3.38. The van der Waals surface area contributed by atoms with Crippen molar-refractivity contribution in [1.82, 2.24) is 0 Å². The van der Waals surface area contributed by atoms with Gasteiger partial charge in [0.25, 0.3) is 0 Å². The predicted octanol–water partition coefficient (Wildman–Crippen LogP) is 8.57. The number of hydrogen-bond donors (Lipinski definition) is 2. The first-order valence-electron chi connectivity index (χ1n) is 12.1. The summed E-state index contributed by atoms with van der Waals surface area (Å²) < 4.78 is 0. The molecule has 36 heavy (non-hydrogen) atoms. The summed E-state index contributed by atoms with van der Waals surface area (Å²) in [6.45, 7) is 6.42. The second-order valence-corrected chi connectivity index (χ2v) is 9.22. The highest BCUT2D eigenvalue weighted by Gasteiger charge is 2.18. The van der Waals surface area contributed by atoms with Crippen LogP contribution in [0.25, 0.3) is 49.0 Å². The average Bonchev–Trinajstić information content (AvgIpc) is 2.91. The van der Waals surface area contributed by atoms with Crippen LogP contribution in [0, 0.1) is 5.41 Å². The summed E-state index contributed by atoms with van der Waals surface area (Å²) in [5, 5.41) is 16.1. The van der Waals surface area contributed by atoms with Gasteiger partial charge in [-0.1, -0.05) is 104 Å². The largest absolute Gasteiger partial charge is 0.396 e. The smallest absolute Gasteiger partial charge is 0.0847 e. The van der Waals surface area contributed by atoms with Crippen molar-refractivity contribution < 1.29 is 0 Å². The molecule has 5 aromatic carbocycles. The maximum Gasteiger partial charge on any atom is 0.0847 e. The summed E-state index contributed by atoms with van der Waals surface area (Å²) >= 11 is 0. The Hall–Kier alpha value is -4.69. The Morgan fingerprint density at radius 2 is 1.56 bits per heavy atom. The Bertz CT molecular complexity index is 1800. The van der Waals surface area contributed by atoms with Crippen LogP contribution in [0.3, 0.4) is 0 Å². The van der Waals surface area contributed by atoms with Crippen LogP contribution in [0.5, 0.6) is 0 Å². The molecule has 0 aliphatic heterocycles. The van der Waals surface area contributed by atoms with Crippen molar-refractivity contribution in [3.63, 3.8) is 0 Å². The highest BCUT2D eigenvalue weighted by atomic mass is 14.6. The summed E-state index contributed by atoms with van der Waals surface area (Å²) in [6, 6.07) is 28.1. The van der Waals surface area contributed by atoms with Gasteiger partial charge in [-0.15, -0.1) is 0 Å². The van der Waals surface area contributed by atoms with Crippen LogP contribution >= 0.6 is 0 Å². The van der Waals surface area contributed by atoms with Gasteiger partial charge in [-0.05, 0) is 79.2 Å². The van der Waals surface area contributed by atoms with E-state index in [2.05, 4.69) is 79.4 Å². The van der Waals surface area contributed by atoms with Crippen LogP contribution in [0.1, 0.15) is 12.5 Å². The molecular weight excluding hydrogens is 436 g/mol. The molecule has 0 unspecified atom stereocenters. The molecule has 5 aromatic rings. The maximum atomic E-state index is 8.65. The Morgan fingerprint density at radius 3 is 2.28 bits per heavy atom. The van der Waals surface area contributed by atoms with Crippen LogP contribution < -0.4 is 5.73 Å². The summed E-state index contributed by atoms with van der Waals surface area (Å²) in [5.74, 6) is 0. The van der Waals surface area contributed by atoms with E-state index < -0.39 is 0 Å². The molecule has 0 radical (unpaired) electrons. The van der Waals surface area contributed by atoms with Gasteiger partial charge in [-0.3, -0.25) is 5.41 Å². The van der Waals surface area contributed by atoms with Crippen LogP contribution in [0.2, 0.25) is 0 Å². The SMILES string of the molecule is C=C(/C=C1/C=CC(/C=C\C)=C(N)C1=N)c1cc(-c2ccccc2)c2ccc3cccc4ccc1c2c43. The quantitative estimate of drug-likeness (QED) is 0.258. The van der Waals surface area contributed by atoms with E-state index in [1.165, 1.54) is 43.4 Å². The molecule has 1 aliphatic carbocycles. The molecule has 0 saturated heterocycles. The average molecular weight is 463 g/mol. The molecule has 0 fully saturated rings. The standard InChI is InChI=1S/C34H26N2/c1-3-8-25-13-14-26(34(36)33(25)35)19-21(2)29-20-30(22-9-5-4-6-10-22)28-18-16-24-12-7-11-23-15-17-27(29)32(28)31(23)24/h3-20,36H,2,35H2,1H3/b8-3-,26-19-,36-34?. The molecule has 0 atom stereocenters. The fourth-order valence-electron chi connectivity index (χ4n) is 5.32. The topological polar surface area (TPSA) is 49.9 Å². The van der Waals surface area contributed by atoms with Crippen molar-refractivity contribution in [2.24, 2.45) is 5.73 Å². The van der Waals surface area contributed by atoms with E-state index in [4.69, 9.17) is 11.1 Å². The molecular formula is C34H26N2. The number of nitrogens with one attached hydrogen (secondary N) is 1. The maximum absolute atomic E-state index is 8.65. The Morgan fingerprint density at radius 1 is 0.833 bits per heavy atom. The first kappa shape index (κ1) is 21.8. The lowest BCUT2D eigenvalue weighted by molar-refractivity contribution is 1.33. The first-order chi connectivity index (χ1) is 17.6. The van der Waals surface area contributed by atoms with E-state index in [1.54, 1.807) is 0 Å². The third-order valence-electron chi connectivity index (χ3n) is 7.06. The van der Waals surface area contributed by atoms with Gasteiger partial charge in [0.2, 0.25) is 0 Å². The number of benzene rings is 5. The fraction of sp³-hybridized carbons (Fsp3) is 0.0294. The lowest BCUT2D eigenvalue weighted by Crippen LogP contribution is -2.17. The fourth-order valence-corrected chi connectivity index (χ4v) is 5.32. The van der Waals surface area contributed by atoms with E-state index in [1.807, 2.05) is 43.4 Å². The number of allylic oxidation sites excluding steroid dienone is 8. The van der Waals surface area contributed by atoms with E-state index in [0.717, 1.165) is 22.3 Å². The van der Waals surface area contributed by atoms with E-state index in [0.29, 0.717) is 11.4 Å². The zero-order valence-corrected chi connectivity index (χ0v) is 20.2. The van der Waals surface area contributed by atoms with E-state index in [9.17, 15) is 0 Å². The van der Waals surface area contributed by atoms with Gasteiger partial charge in [0, 0.05) is 5.57 Å². The molecule has 0 amide bonds. The number of nitrogens with two attached hydrogens (primary N) is 1. The molecule has 0 heterocycles. The molecule has 3 N–H and O–H groups in total. The normalized spacial score (nSPS) is 15.4. The Balaban J connectivity index is 1.61. The van der Waals surface area contributed by atoms with Gasteiger partial charge >= 0.3 is 0 Å². The van der Waals surface area contributed by atoms with Crippen molar-refractivity contribution in [3.05, 3.63) is 138 Å². The van der Waals surface area contributed by atoms with Crippen molar-refractivity contribution >= 4 is 43.6 Å². The minimum atomic E-state index is 0.327.